The van der Waals surface area contributed by atoms with Crippen molar-refractivity contribution >= 4 is 11.9 Å². The standard InChI is InChI=1S/C12H13N3O2/c1-8-4-9(6-13)11(14)5-12(8)16-7-10-2-3-17-15-10/h2-6,13H,7,14H2,1H3. The molecule has 0 amide bonds. The molecule has 1 heterocycles. The highest BCUT2D eigenvalue weighted by Gasteiger charge is 2.06. The lowest BCUT2D eigenvalue weighted by atomic mass is 10.1. The van der Waals surface area contributed by atoms with E-state index in [0.717, 1.165) is 11.3 Å². The molecular weight excluding hydrogens is 218 g/mol. The molecule has 0 spiro atoms. The highest BCUT2D eigenvalue weighted by atomic mass is 16.5. The predicted octanol–water partition coefficient (Wildman–Crippen LogP) is 2.14. The number of aromatic nitrogens is 1. The van der Waals surface area contributed by atoms with E-state index in [9.17, 15) is 0 Å². The molecule has 0 aliphatic carbocycles. The van der Waals surface area contributed by atoms with Crippen molar-refractivity contribution in [2.75, 3.05) is 5.73 Å². The summed E-state index contributed by atoms with van der Waals surface area (Å²) in [6, 6.07) is 5.28. The number of nitrogens with two attached hydrogens (primary N) is 1. The first-order valence-electron chi connectivity index (χ1n) is 5.13. The molecule has 0 aliphatic heterocycles. The number of nitrogen functional groups attached to an aromatic ring is 1. The third-order valence-corrected chi connectivity index (χ3v) is 2.40. The van der Waals surface area contributed by atoms with Gasteiger partial charge in [-0.2, -0.15) is 0 Å². The molecule has 5 heteroatoms. The van der Waals surface area contributed by atoms with Crippen LogP contribution >= 0.6 is 0 Å². The second kappa shape index (κ2) is 4.69. The summed E-state index contributed by atoms with van der Waals surface area (Å²) in [5.41, 5.74) is 8.66. The SMILES string of the molecule is Cc1cc(C=N)c(N)cc1OCc1ccon1. The molecule has 0 bridgehead atoms. The third-order valence-electron chi connectivity index (χ3n) is 2.40. The maximum atomic E-state index is 7.20. The molecule has 2 rings (SSSR count). The zero-order valence-electron chi connectivity index (χ0n) is 9.43. The van der Waals surface area contributed by atoms with Crippen molar-refractivity contribution in [3.05, 3.63) is 41.3 Å². The average molecular weight is 231 g/mol. The van der Waals surface area contributed by atoms with Gasteiger partial charge in [-0.15, -0.1) is 0 Å². The highest BCUT2D eigenvalue weighted by molar-refractivity contribution is 5.85. The van der Waals surface area contributed by atoms with E-state index in [4.69, 9.17) is 20.4 Å². The van der Waals surface area contributed by atoms with E-state index in [0.29, 0.717) is 23.6 Å². The van der Waals surface area contributed by atoms with Gasteiger partial charge in [0.25, 0.3) is 0 Å². The first kappa shape index (κ1) is 11.2. The van der Waals surface area contributed by atoms with Crippen molar-refractivity contribution in [2.45, 2.75) is 13.5 Å². The third kappa shape index (κ3) is 2.44. The summed E-state index contributed by atoms with van der Waals surface area (Å²) in [7, 11) is 0. The van der Waals surface area contributed by atoms with Crippen LogP contribution in [0.3, 0.4) is 0 Å². The van der Waals surface area contributed by atoms with E-state index in [1.165, 1.54) is 12.5 Å². The van der Waals surface area contributed by atoms with Gasteiger partial charge in [0.05, 0.1) is 0 Å². The quantitative estimate of drug-likeness (QED) is 0.623. The molecule has 0 saturated carbocycles. The normalized spacial score (nSPS) is 10.2. The minimum absolute atomic E-state index is 0.334. The van der Waals surface area contributed by atoms with Gasteiger partial charge in [0.1, 0.15) is 24.3 Å². The van der Waals surface area contributed by atoms with Crippen LogP contribution in [0, 0.1) is 12.3 Å². The Hall–Kier alpha value is -2.30. The van der Waals surface area contributed by atoms with Crippen LogP contribution in [-0.2, 0) is 6.61 Å². The van der Waals surface area contributed by atoms with Crippen LogP contribution < -0.4 is 10.5 Å². The zero-order valence-corrected chi connectivity index (χ0v) is 9.43. The Morgan fingerprint density at radius 2 is 2.35 bits per heavy atom. The number of anilines is 1. The Balaban J connectivity index is 2.16. The summed E-state index contributed by atoms with van der Waals surface area (Å²) in [6.45, 7) is 2.24. The molecule has 0 fully saturated rings. The summed E-state index contributed by atoms with van der Waals surface area (Å²) in [5, 5.41) is 10.9. The first-order chi connectivity index (χ1) is 8.20. The molecule has 1 aromatic carbocycles. The van der Waals surface area contributed by atoms with Gasteiger partial charge in [0.2, 0.25) is 0 Å². The Morgan fingerprint density at radius 3 is 3.00 bits per heavy atom. The monoisotopic (exact) mass is 231 g/mol. The number of hydrogen-bond acceptors (Lipinski definition) is 5. The average Bonchev–Trinajstić information content (AvgIpc) is 2.82. The molecule has 5 nitrogen and oxygen atoms in total. The molecule has 88 valence electrons. The van der Waals surface area contributed by atoms with Gasteiger partial charge in [-0.1, -0.05) is 5.16 Å². The first-order valence-corrected chi connectivity index (χ1v) is 5.13. The van der Waals surface area contributed by atoms with Crippen molar-refractivity contribution in [3.8, 4) is 5.75 Å². The number of nitrogens with zero attached hydrogens (tertiary/aromatic N) is 1. The predicted molar refractivity (Wildman–Crippen MR) is 64.3 cm³/mol. The van der Waals surface area contributed by atoms with Crippen LogP contribution in [0.2, 0.25) is 0 Å². The minimum Gasteiger partial charge on any atom is -0.487 e. The number of aryl methyl sites for hydroxylation is 1. The second-order valence-electron chi connectivity index (χ2n) is 3.67. The zero-order chi connectivity index (χ0) is 12.3. The molecule has 0 saturated heterocycles. The van der Waals surface area contributed by atoms with Crippen LogP contribution in [0.25, 0.3) is 0 Å². The van der Waals surface area contributed by atoms with Crippen LogP contribution in [-0.4, -0.2) is 11.4 Å². The van der Waals surface area contributed by atoms with Crippen molar-refractivity contribution in [1.29, 1.82) is 5.41 Å². The Bertz CT molecular complexity index is 521. The maximum Gasteiger partial charge on any atom is 0.134 e. The van der Waals surface area contributed by atoms with E-state index in [1.807, 2.05) is 13.0 Å². The van der Waals surface area contributed by atoms with Gasteiger partial charge < -0.3 is 20.4 Å². The lowest BCUT2D eigenvalue weighted by molar-refractivity contribution is 0.287. The molecule has 0 radical (unpaired) electrons. The van der Waals surface area contributed by atoms with Gasteiger partial charge in [-0.05, 0) is 18.6 Å². The second-order valence-corrected chi connectivity index (χ2v) is 3.67. The fraction of sp³-hybridized carbons (Fsp3) is 0.167. The smallest absolute Gasteiger partial charge is 0.134 e. The van der Waals surface area contributed by atoms with Gasteiger partial charge in [-0.25, -0.2) is 0 Å². The van der Waals surface area contributed by atoms with Crippen molar-refractivity contribution in [3.63, 3.8) is 0 Å². The van der Waals surface area contributed by atoms with Gasteiger partial charge in [0, 0.05) is 29.6 Å². The summed E-state index contributed by atoms with van der Waals surface area (Å²) >= 11 is 0. The topological polar surface area (TPSA) is 85.1 Å². The molecule has 17 heavy (non-hydrogen) atoms. The summed E-state index contributed by atoms with van der Waals surface area (Å²) in [5.74, 6) is 0.691. The number of ether oxygens (including phenoxy) is 1. The number of rotatable bonds is 4. The number of nitrogens with one attached hydrogen (secondary N) is 1. The van der Waals surface area contributed by atoms with Crippen molar-refractivity contribution < 1.29 is 9.26 Å². The lowest BCUT2D eigenvalue weighted by Gasteiger charge is -2.10. The maximum absolute atomic E-state index is 7.20. The van der Waals surface area contributed by atoms with Crippen molar-refractivity contribution in [1.82, 2.24) is 5.16 Å². The van der Waals surface area contributed by atoms with E-state index >= 15 is 0 Å². The van der Waals surface area contributed by atoms with Gasteiger partial charge >= 0.3 is 0 Å². The fourth-order valence-corrected chi connectivity index (χ4v) is 1.47. The van der Waals surface area contributed by atoms with E-state index < -0.39 is 0 Å². The Labute approximate surface area is 98.7 Å². The van der Waals surface area contributed by atoms with E-state index in [-0.39, 0.29) is 0 Å². The van der Waals surface area contributed by atoms with Crippen LogP contribution in [0.5, 0.6) is 5.75 Å². The van der Waals surface area contributed by atoms with E-state index in [1.54, 1.807) is 12.1 Å². The van der Waals surface area contributed by atoms with Gasteiger partial charge in [-0.3, -0.25) is 0 Å². The molecule has 3 N–H and O–H groups in total. The summed E-state index contributed by atoms with van der Waals surface area (Å²) in [4.78, 5) is 0. The van der Waals surface area contributed by atoms with Crippen LogP contribution in [0.15, 0.2) is 29.0 Å². The van der Waals surface area contributed by atoms with E-state index in [2.05, 4.69) is 5.16 Å². The van der Waals surface area contributed by atoms with Crippen LogP contribution in [0.1, 0.15) is 16.8 Å². The van der Waals surface area contributed by atoms with Crippen molar-refractivity contribution in [2.24, 2.45) is 0 Å². The lowest BCUT2D eigenvalue weighted by Crippen LogP contribution is -2.00. The number of hydrogen-bond donors (Lipinski definition) is 2. The minimum atomic E-state index is 0.334. The van der Waals surface area contributed by atoms with Crippen LogP contribution in [0.4, 0.5) is 5.69 Å². The largest absolute Gasteiger partial charge is 0.487 e. The molecule has 0 aliphatic rings. The van der Waals surface area contributed by atoms with Gasteiger partial charge in [0.15, 0.2) is 0 Å². The summed E-state index contributed by atoms with van der Waals surface area (Å²) < 4.78 is 10.3. The molecule has 1 aromatic heterocycles. The Kier molecular flexibility index (Phi) is 3.09. The molecule has 2 aromatic rings. The molecular formula is C12H13N3O2. The Morgan fingerprint density at radius 1 is 1.53 bits per heavy atom. The molecule has 0 atom stereocenters. The number of benzene rings is 1. The molecule has 0 unspecified atom stereocenters. The summed E-state index contributed by atoms with van der Waals surface area (Å²) in [6.07, 6.45) is 2.72. The fourth-order valence-electron chi connectivity index (χ4n) is 1.47. The highest BCUT2D eigenvalue weighted by Crippen LogP contribution is 2.24.